The van der Waals surface area contributed by atoms with Crippen LogP contribution in [0.25, 0.3) is 61.4 Å². The van der Waals surface area contributed by atoms with Crippen LogP contribution in [0.5, 0.6) is 5.75 Å². The number of fused-ring (bicyclic) bond motifs is 3. The van der Waals surface area contributed by atoms with Crippen LogP contribution in [0.4, 0.5) is 11.4 Å². The largest absolute Gasteiger partial charge is 0.494 e. The molecule has 1 N–H and O–H groups in total. The molecule has 7 aromatic rings. The molecular formula is C48H53N7O2. The Morgan fingerprint density at radius 3 is 1.77 bits per heavy atom. The van der Waals surface area contributed by atoms with E-state index in [1.165, 1.54) is 33.2 Å². The van der Waals surface area contributed by atoms with Crippen molar-refractivity contribution in [3.05, 3.63) is 115 Å². The van der Waals surface area contributed by atoms with Gasteiger partial charge in [0.2, 0.25) is 0 Å². The Morgan fingerprint density at radius 2 is 1.16 bits per heavy atom. The number of hydrogen-bond donors (Lipinski definition) is 1. The highest BCUT2D eigenvalue weighted by molar-refractivity contribution is 6.09. The Hall–Kier alpha value is -5.61. The average Bonchev–Trinajstić information content (AvgIpc) is 3.81. The monoisotopic (exact) mass is 759 g/mol. The van der Waals surface area contributed by atoms with Crippen molar-refractivity contribution in [2.75, 3.05) is 89.5 Å². The van der Waals surface area contributed by atoms with E-state index in [0.29, 0.717) is 13.0 Å². The highest BCUT2D eigenvalue weighted by Gasteiger charge is 2.25. The van der Waals surface area contributed by atoms with Crippen molar-refractivity contribution in [1.29, 1.82) is 0 Å². The molecule has 0 saturated carbocycles. The number of aliphatic hydroxyl groups excluding tert-OH is 1. The second kappa shape index (κ2) is 16.1. The molecule has 2 aromatic heterocycles. The van der Waals surface area contributed by atoms with E-state index in [2.05, 4.69) is 153 Å². The van der Waals surface area contributed by atoms with E-state index in [0.717, 1.165) is 104 Å². The molecule has 0 radical (unpaired) electrons. The van der Waals surface area contributed by atoms with Gasteiger partial charge in [-0.3, -0.25) is 4.57 Å². The van der Waals surface area contributed by atoms with E-state index in [-0.39, 0.29) is 6.61 Å². The molecule has 0 spiro atoms. The summed E-state index contributed by atoms with van der Waals surface area (Å²) in [5.41, 5.74) is 11.2. The highest BCUT2D eigenvalue weighted by Crippen LogP contribution is 2.41. The first kappa shape index (κ1) is 37.0. The molecule has 2 aliphatic rings. The van der Waals surface area contributed by atoms with E-state index < -0.39 is 0 Å². The Kier molecular flexibility index (Phi) is 10.4. The third-order valence-corrected chi connectivity index (χ3v) is 11.9. The fourth-order valence-electron chi connectivity index (χ4n) is 8.60. The van der Waals surface area contributed by atoms with Gasteiger partial charge in [0.15, 0.2) is 0 Å². The first-order valence-corrected chi connectivity index (χ1v) is 20.5. The number of imidazole rings is 1. The number of aromatic nitrogens is 3. The summed E-state index contributed by atoms with van der Waals surface area (Å²) < 4.78 is 10.7. The number of para-hydroxylation sites is 1. The van der Waals surface area contributed by atoms with Crippen molar-refractivity contribution < 1.29 is 9.84 Å². The van der Waals surface area contributed by atoms with E-state index >= 15 is 0 Å². The van der Waals surface area contributed by atoms with Gasteiger partial charge in [-0.15, -0.1) is 0 Å². The molecular weight excluding hydrogens is 707 g/mol. The van der Waals surface area contributed by atoms with Gasteiger partial charge in [0, 0.05) is 127 Å². The lowest BCUT2D eigenvalue weighted by Gasteiger charge is -2.34. The van der Waals surface area contributed by atoms with Crippen molar-refractivity contribution in [3.8, 4) is 45.3 Å². The van der Waals surface area contributed by atoms with E-state index in [1.54, 1.807) is 0 Å². The summed E-state index contributed by atoms with van der Waals surface area (Å²) in [6, 6.07) is 42.0. The average molecular weight is 760 g/mol. The van der Waals surface area contributed by atoms with Gasteiger partial charge in [0.1, 0.15) is 11.6 Å². The predicted molar refractivity (Wildman–Crippen MR) is 235 cm³/mol. The number of anilines is 2. The van der Waals surface area contributed by atoms with Gasteiger partial charge in [-0.1, -0.05) is 42.5 Å². The summed E-state index contributed by atoms with van der Waals surface area (Å²) >= 11 is 0. The zero-order valence-electron chi connectivity index (χ0n) is 33.4. The molecule has 0 amide bonds. The van der Waals surface area contributed by atoms with Gasteiger partial charge in [-0.2, -0.15) is 0 Å². The summed E-state index contributed by atoms with van der Waals surface area (Å²) in [6.45, 7) is 12.0. The van der Waals surface area contributed by atoms with Crippen molar-refractivity contribution in [2.24, 2.45) is 0 Å². The van der Waals surface area contributed by atoms with Crippen molar-refractivity contribution in [3.63, 3.8) is 0 Å². The number of piperazine rings is 2. The SMILES string of the molecule is CCn1c2ccccc2c2cc(-c3nc(-c4ccc(N5CCN(C)CC5)cc4)c(-c4ccc(N5CCN(C)CC5)cc4)n3-c3ccc(OCCCO)cc3)ccc21. The number of likely N-dealkylation sites (N-methyl/N-ethyl adjacent to an activating group) is 2. The van der Waals surface area contributed by atoms with Crippen LogP contribution >= 0.6 is 0 Å². The maximum Gasteiger partial charge on any atom is 0.145 e. The molecule has 0 atom stereocenters. The normalized spacial score (nSPS) is 15.6. The Bertz CT molecular complexity index is 2450. The van der Waals surface area contributed by atoms with Gasteiger partial charge in [0.25, 0.3) is 0 Å². The zero-order chi connectivity index (χ0) is 38.9. The number of nitrogens with zero attached hydrogens (tertiary/aromatic N) is 7. The molecule has 2 fully saturated rings. The standard InChI is InChI=1S/C48H53N7O2/c1-4-54-44-9-6-5-8-42(44)43-34-37(14-23-45(43)54)48-49-46(35-10-15-38(16-11-35)52-28-24-50(2)25-29-52)47(55(48)40-19-21-41(22-20-40)57-33-7-32-56)36-12-17-39(18-13-36)53-30-26-51(3)27-31-53/h5-6,8-23,34,56H,4,7,24-33H2,1-3H3. The lowest BCUT2D eigenvalue weighted by molar-refractivity contribution is 0.233. The molecule has 57 heavy (non-hydrogen) atoms. The summed E-state index contributed by atoms with van der Waals surface area (Å²) in [6.07, 6.45) is 0.593. The molecule has 0 unspecified atom stereocenters. The molecule has 4 heterocycles. The van der Waals surface area contributed by atoms with E-state index in [1.807, 2.05) is 12.1 Å². The molecule has 2 saturated heterocycles. The molecule has 2 aliphatic heterocycles. The minimum atomic E-state index is 0.105. The van der Waals surface area contributed by atoms with Crippen LogP contribution in [-0.2, 0) is 6.54 Å². The van der Waals surface area contributed by atoms with Gasteiger partial charge in [-0.05, 0) is 93.8 Å². The summed E-state index contributed by atoms with van der Waals surface area (Å²) in [4.78, 5) is 15.4. The van der Waals surface area contributed by atoms with Crippen LogP contribution in [-0.4, -0.2) is 109 Å². The fourth-order valence-corrected chi connectivity index (χ4v) is 8.60. The van der Waals surface area contributed by atoms with E-state index in [9.17, 15) is 5.11 Å². The molecule has 5 aromatic carbocycles. The molecule has 0 bridgehead atoms. The number of aryl methyl sites for hydroxylation is 1. The van der Waals surface area contributed by atoms with Crippen LogP contribution in [0.3, 0.4) is 0 Å². The summed E-state index contributed by atoms with van der Waals surface area (Å²) in [5, 5.41) is 11.8. The smallest absolute Gasteiger partial charge is 0.145 e. The minimum Gasteiger partial charge on any atom is -0.494 e. The molecule has 9 nitrogen and oxygen atoms in total. The fraction of sp³-hybridized carbons (Fsp3) is 0.312. The lowest BCUT2D eigenvalue weighted by Crippen LogP contribution is -2.44. The molecule has 292 valence electrons. The van der Waals surface area contributed by atoms with Crippen LogP contribution in [0.1, 0.15) is 13.3 Å². The van der Waals surface area contributed by atoms with Crippen molar-refractivity contribution in [2.45, 2.75) is 19.9 Å². The first-order valence-electron chi connectivity index (χ1n) is 20.5. The number of hydrogen-bond acceptors (Lipinski definition) is 7. The maximum atomic E-state index is 9.34. The molecule has 0 aliphatic carbocycles. The maximum absolute atomic E-state index is 9.34. The van der Waals surface area contributed by atoms with Crippen LogP contribution in [0, 0.1) is 0 Å². The topological polar surface area (TPSA) is 65.2 Å². The van der Waals surface area contributed by atoms with Crippen LogP contribution in [0.2, 0.25) is 0 Å². The summed E-state index contributed by atoms with van der Waals surface area (Å²) in [5.74, 6) is 1.66. The van der Waals surface area contributed by atoms with Crippen molar-refractivity contribution in [1.82, 2.24) is 23.9 Å². The lowest BCUT2D eigenvalue weighted by atomic mass is 10.0. The number of benzene rings is 5. The number of rotatable bonds is 11. The highest BCUT2D eigenvalue weighted by atomic mass is 16.5. The first-order chi connectivity index (χ1) is 28.0. The van der Waals surface area contributed by atoms with Gasteiger partial charge < -0.3 is 34.0 Å². The second-order valence-corrected chi connectivity index (χ2v) is 15.6. The quantitative estimate of drug-likeness (QED) is 0.133. The zero-order valence-corrected chi connectivity index (χ0v) is 33.4. The predicted octanol–water partition coefficient (Wildman–Crippen LogP) is 8.27. The van der Waals surface area contributed by atoms with Gasteiger partial charge >= 0.3 is 0 Å². The van der Waals surface area contributed by atoms with Gasteiger partial charge in [-0.25, -0.2) is 4.98 Å². The number of aliphatic hydroxyl groups is 1. The van der Waals surface area contributed by atoms with Gasteiger partial charge in [0.05, 0.1) is 18.0 Å². The third kappa shape index (κ3) is 7.27. The van der Waals surface area contributed by atoms with Crippen molar-refractivity contribution >= 4 is 33.2 Å². The number of ether oxygens (including phenoxy) is 1. The third-order valence-electron chi connectivity index (χ3n) is 11.9. The molecule has 9 heteroatoms. The van der Waals surface area contributed by atoms with Crippen LogP contribution < -0.4 is 14.5 Å². The summed E-state index contributed by atoms with van der Waals surface area (Å²) in [7, 11) is 4.40. The Labute approximate surface area is 335 Å². The molecule has 9 rings (SSSR count). The van der Waals surface area contributed by atoms with Crippen LogP contribution in [0.15, 0.2) is 115 Å². The minimum absolute atomic E-state index is 0.105. The Balaban J connectivity index is 1.23. The Morgan fingerprint density at radius 1 is 0.596 bits per heavy atom. The second-order valence-electron chi connectivity index (χ2n) is 15.6. The van der Waals surface area contributed by atoms with E-state index in [4.69, 9.17) is 9.72 Å².